The summed E-state index contributed by atoms with van der Waals surface area (Å²) >= 11 is 7.16. The molecule has 0 saturated heterocycles. The molecule has 3 aromatic rings. The fourth-order valence-electron chi connectivity index (χ4n) is 2.35. The largest absolute Gasteiger partial charge is 0.343 e. The van der Waals surface area contributed by atoms with Gasteiger partial charge >= 0.3 is 0 Å². The Bertz CT molecular complexity index is 1110. The van der Waals surface area contributed by atoms with Gasteiger partial charge in [0, 0.05) is 4.88 Å². The summed E-state index contributed by atoms with van der Waals surface area (Å²) in [5, 5.41) is 12.2. The minimum atomic E-state index is -3.91. The van der Waals surface area contributed by atoms with Crippen molar-refractivity contribution in [2.24, 2.45) is 0 Å². The number of carbonyl (C=O) groups is 1. The summed E-state index contributed by atoms with van der Waals surface area (Å²) in [6.45, 7) is 1.71. The molecule has 3 rings (SSSR count). The first kappa shape index (κ1) is 21.3. The molecule has 0 fully saturated rings. The van der Waals surface area contributed by atoms with Gasteiger partial charge in [-0.15, -0.1) is 16.4 Å². The number of nitrogens with one attached hydrogen (secondary N) is 2. The first-order valence-electron chi connectivity index (χ1n) is 8.38. The monoisotopic (exact) mass is 454 g/mol. The zero-order valence-corrected chi connectivity index (χ0v) is 17.5. The van der Waals surface area contributed by atoms with Crippen molar-refractivity contribution >= 4 is 38.9 Å². The van der Waals surface area contributed by atoms with Gasteiger partial charge in [0.2, 0.25) is 10.0 Å². The average Bonchev–Trinajstić information content (AvgIpc) is 3.24. The maximum Gasteiger partial charge on any atom is 0.272 e. The molecule has 2 aromatic heterocycles. The van der Waals surface area contributed by atoms with Crippen LogP contribution < -0.4 is 10.0 Å². The van der Waals surface area contributed by atoms with Crippen LogP contribution in [-0.2, 0) is 16.6 Å². The Morgan fingerprint density at radius 1 is 1.24 bits per heavy atom. The maximum atomic E-state index is 13.2. The van der Waals surface area contributed by atoms with E-state index in [1.807, 2.05) is 24.4 Å². The van der Waals surface area contributed by atoms with E-state index in [1.165, 1.54) is 23.5 Å². The van der Waals surface area contributed by atoms with Crippen LogP contribution in [0.5, 0.6) is 0 Å². The molecule has 7 nitrogen and oxygen atoms in total. The lowest BCUT2D eigenvalue weighted by atomic mass is 10.2. The molecular formula is C18H16ClFN4O3S2. The van der Waals surface area contributed by atoms with Crippen LogP contribution in [0.1, 0.15) is 34.0 Å². The van der Waals surface area contributed by atoms with Crippen LogP contribution in [0.3, 0.4) is 0 Å². The van der Waals surface area contributed by atoms with E-state index in [-0.39, 0.29) is 34.1 Å². The van der Waals surface area contributed by atoms with Gasteiger partial charge in [0.25, 0.3) is 5.91 Å². The van der Waals surface area contributed by atoms with Gasteiger partial charge in [0.15, 0.2) is 5.69 Å². The van der Waals surface area contributed by atoms with Crippen LogP contribution in [0.4, 0.5) is 4.39 Å². The number of aromatic nitrogens is 2. The van der Waals surface area contributed by atoms with E-state index in [0.717, 1.165) is 23.1 Å². The van der Waals surface area contributed by atoms with Crippen molar-refractivity contribution in [1.82, 2.24) is 20.2 Å². The van der Waals surface area contributed by atoms with Crippen molar-refractivity contribution in [3.8, 4) is 0 Å². The Labute approximate surface area is 176 Å². The fraction of sp³-hybridized carbons (Fsp3) is 0.167. The topological polar surface area (TPSA) is 101 Å². The van der Waals surface area contributed by atoms with Crippen LogP contribution in [0.15, 0.2) is 52.7 Å². The molecule has 29 heavy (non-hydrogen) atoms. The van der Waals surface area contributed by atoms with Gasteiger partial charge in [-0.2, -0.15) is 5.10 Å². The highest BCUT2D eigenvalue weighted by atomic mass is 35.5. The lowest BCUT2D eigenvalue weighted by molar-refractivity contribution is 0.0934. The molecule has 0 aliphatic heterocycles. The Morgan fingerprint density at radius 3 is 2.66 bits per heavy atom. The fourth-order valence-corrected chi connectivity index (χ4v) is 4.36. The molecule has 0 saturated carbocycles. The van der Waals surface area contributed by atoms with E-state index < -0.39 is 15.8 Å². The minimum Gasteiger partial charge on any atom is -0.343 e. The predicted molar refractivity (Wildman–Crippen MR) is 108 cm³/mol. The summed E-state index contributed by atoms with van der Waals surface area (Å²) < 4.78 is 40.1. The SMILES string of the molecule is CC(NC(=O)c1ccc(CNS(=O)(=O)c2ccc(F)c(Cl)c2)nn1)c1cccs1. The Kier molecular flexibility index (Phi) is 6.58. The summed E-state index contributed by atoms with van der Waals surface area (Å²) in [7, 11) is -3.91. The number of hydrogen-bond donors (Lipinski definition) is 2. The summed E-state index contributed by atoms with van der Waals surface area (Å²) in [4.78, 5) is 13.1. The van der Waals surface area contributed by atoms with Crippen LogP contribution in [-0.4, -0.2) is 24.5 Å². The molecule has 11 heteroatoms. The van der Waals surface area contributed by atoms with Crippen molar-refractivity contribution < 1.29 is 17.6 Å². The number of halogens is 2. The number of hydrogen-bond acceptors (Lipinski definition) is 6. The van der Waals surface area contributed by atoms with E-state index in [2.05, 4.69) is 20.2 Å². The molecule has 0 aliphatic carbocycles. The van der Waals surface area contributed by atoms with E-state index in [1.54, 1.807) is 0 Å². The highest BCUT2D eigenvalue weighted by Gasteiger charge is 2.17. The number of thiophene rings is 1. The molecule has 0 radical (unpaired) electrons. The van der Waals surface area contributed by atoms with Gasteiger partial charge in [0.05, 0.1) is 28.2 Å². The minimum absolute atomic E-state index is 0.116. The normalized spacial score (nSPS) is 12.5. The number of carbonyl (C=O) groups excluding carboxylic acids is 1. The van der Waals surface area contributed by atoms with Gasteiger partial charge < -0.3 is 5.32 Å². The summed E-state index contributed by atoms with van der Waals surface area (Å²) in [5.74, 6) is -1.09. The molecule has 0 bridgehead atoms. The smallest absolute Gasteiger partial charge is 0.272 e. The third-order valence-electron chi connectivity index (χ3n) is 3.91. The van der Waals surface area contributed by atoms with Crippen LogP contribution in [0.25, 0.3) is 0 Å². The van der Waals surface area contributed by atoms with Gasteiger partial charge in [0.1, 0.15) is 5.82 Å². The number of sulfonamides is 1. The van der Waals surface area contributed by atoms with E-state index in [9.17, 15) is 17.6 Å². The maximum absolute atomic E-state index is 13.2. The van der Waals surface area contributed by atoms with Gasteiger partial charge in [-0.1, -0.05) is 17.7 Å². The first-order chi connectivity index (χ1) is 13.8. The van der Waals surface area contributed by atoms with E-state index in [4.69, 9.17) is 11.6 Å². The zero-order valence-electron chi connectivity index (χ0n) is 15.1. The number of amides is 1. The van der Waals surface area contributed by atoms with E-state index >= 15 is 0 Å². The zero-order chi connectivity index (χ0) is 21.0. The number of rotatable bonds is 7. The highest BCUT2D eigenvalue weighted by molar-refractivity contribution is 7.89. The van der Waals surface area contributed by atoms with E-state index in [0.29, 0.717) is 5.69 Å². The third kappa shape index (κ3) is 5.36. The Morgan fingerprint density at radius 2 is 2.03 bits per heavy atom. The van der Waals surface area contributed by atoms with Gasteiger partial charge in [-0.3, -0.25) is 4.79 Å². The molecule has 0 aliphatic rings. The number of nitrogens with zero attached hydrogens (tertiary/aromatic N) is 2. The summed E-state index contributed by atoms with van der Waals surface area (Å²) in [5.41, 5.74) is 0.426. The standard InChI is InChI=1S/C18H16ClFN4O3S2/c1-11(17-3-2-8-28-17)22-18(25)16-7-4-12(23-24-16)10-21-29(26,27)13-5-6-15(20)14(19)9-13/h2-9,11,21H,10H2,1H3,(H,22,25). The first-order valence-corrected chi connectivity index (χ1v) is 11.1. The van der Waals surface area contributed by atoms with Crippen LogP contribution in [0.2, 0.25) is 5.02 Å². The van der Waals surface area contributed by atoms with Crippen molar-refractivity contribution in [3.05, 3.63) is 74.9 Å². The molecule has 152 valence electrons. The average molecular weight is 455 g/mol. The lowest BCUT2D eigenvalue weighted by Gasteiger charge is -2.11. The molecule has 0 spiro atoms. The molecule has 1 aromatic carbocycles. The molecular weight excluding hydrogens is 439 g/mol. The number of benzene rings is 1. The highest BCUT2D eigenvalue weighted by Crippen LogP contribution is 2.20. The Hall–Kier alpha value is -2.40. The second kappa shape index (κ2) is 8.95. The third-order valence-corrected chi connectivity index (χ3v) is 6.66. The second-order valence-electron chi connectivity index (χ2n) is 6.02. The summed E-state index contributed by atoms with van der Waals surface area (Å²) in [6, 6.07) is 9.72. The van der Waals surface area contributed by atoms with Crippen molar-refractivity contribution in [1.29, 1.82) is 0 Å². The molecule has 2 N–H and O–H groups in total. The van der Waals surface area contributed by atoms with Crippen LogP contribution in [0, 0.1) is 5.82 Å². The molecule has 2 heterocycles. The lowest BCUT2D eigenvalue weighted by Crippen LogP contribution is -2.28. The van der Waals surface area contributed by atoms with Crippen molar-refractivity contribution in [2.45, 2.75) is 24.4 Å². The van der Waals surface area contributed by atoms with Gasteiger partial charge in [-0.05, 0) is 48.7 Å². The second-order valence-corrected chi connectivity index (χ2v) is 9.17. The quantitative estimate of drug-likeness (QED) is 0.570. The van der Waals surface area contributed by atoms with Crippen molar-refractivity contribution in [2.75, 3.05) is 0 Å². The molecule has 1 atom stereocenters. The van der Waals surface area contributed by atoms with Gasteiger partial charge in [-0.25, -0.2) is 17.5 Å². The Balaban J connectivity index is 1.61. The van der Waals surface area contributed by atoms with Crippen molar-refractivity contribution in [3.63, 3.8) is 0 Å². The molecule has 1 amide bonds. The van der Waals surface area contributed by atoms with Crippen LogP contribution >= 0.6 is 22.9 Å². The predicted octanol–water partition coefficient (Wildman–Crippen LogP) is 3.30. The molecule has 1 unspecified atom stereocenters. The summed E-state index contributed by atoms with van der Waals surface area (Å²) in [6.07, 6.45) is 0.